The van der Waals surface area contributed by atoms with Gasteiger partial charge < -0.3 is 53.1 Å². The zero-order valence-electron chi connectivity index (χ0n) is 38.3. The van der Waals surface area contributed by atoms with Crippen LogP contribution in [0.2, 0.25) is 0 Å². The van der Waals surface area contributed by atoms with Crippen molar-refractivity contribution in [1.82, 2.24) is 20.0 Å². The number of carbonyl (C=O) groups is 4. The number of hydrogen-bond acceptors (Lipinski definition) is 9. The summed E-state index contributed by atoms with van der Waals surface area (Å²) in [6, 6.07) is 39.7. The maximum Gasteiger partial charge on any atom is 3.00 e. The number of carboxylic acids is 4. The van der Waals surface area contributed by atoms with E-state index in [2.05, 4.69) is 108 Å². The number of rotatable bonds is 32. The SMILES string of the molecule is C=C(O)CN(CC(=O)O)C(Cc1ccc(NC(=S)NCCCCCCCCCC[P+](c2ccccc2)(c2ccccc2)c2ccccc2)cc1)CN(CC(=O)O)CN(CC(=O)O)CC(=O)O.[Br-].[Gd+3]. The number of hydrogen-bond donors (Lipinski definition) is 7. The number of nitrogens with one attached hydrogen (secondary N) is 2. The van der Waals surface area contributed by atoms with E-state index in [0.717, 1.165) is 48.1 Å². The molecule has 0 heterocycles. The Morgan fingerprint density at radius 2 is 1.00 bits per heavy atom. The van der Waals surface area contributed by atoms with Gasteiger partial charge in [0.15, 0.2) is 5.11 Å². The first-order chi connectivity index (χ1) is 31.7. The first kappa shape index (κ1) is 60.2. The Labute approximate surface area is 449 Å². The normalized spacial score (nSPS) is 11.6. The smallest absolute Gasteiger partial charge is 1.00 e. The number of aliphatic hydroxyl groups excluding tert-OH is 1. The number of thiocarbonyl (C=S) groups is 1. The first-order valence-corrected chi connectivity index (χ1v) is 24.7. The first-order valence-electron chi connectivity index (χ1n) is 22.4. The van der Waals surface area contributed by atoms with Gasteiger partial charge in [-0.3, -0.25) is 33.9 Å². The van der Waals surface area contributed by atoms with Crippen LogP contribution in [-0.2, 0) is 25.6 Å². The maximum atomic E-state index is 11.9. The molecule has 1 radical (unpaired) electrons. The molecule has 0 spiro atoms. The van der Waals surface area contributed by atoms with Gasteiger partial charge in [-0.2, -0.15) is 0 Å². The average Bonchev–Trinajstić information content (AvgIpc) is 3.27. The molecule has 0 fully saturated rings. The number of aliphatic hydroxyl groups is 1. The van der Waals surface area contributed by atoms with E-state index in [9.17, 15) is 44.7 Å². The third-order valence-electron chi connectivity index (χ3n) is 11.2. The molecule has 0 bridgehead atoms. The van der Waals surface area contributed by atoms with Crippen molar-refractivity contribution in [2.75, 3.05) is 64.0 Å². The van der Waals surface area contributed by atoms with E-state index in [1.807, 2.05) is 24.3 Å². The second-order valence-corrected chi connectivity index (χ2v) is 20.5. The number of halogens is 1. The summed E-state index contributed by atoms with van der Waals surface area (Å²) in [5, 5.41) is 59.3. The molecule has 0 saturated heterocycles. The van der Waals surface area contributed by atoms with Gasteiger partial charge >= 0.3 is 63.8 Å². The van der Waals surface area contributed by atoms with Crippen LogP contribution in [0.5, 0.6) is 0 Å². The summed E-state index contributed by atoms with van der Waals surface area (Å²) in [6.45, 7) is 1.16. The van der Waals surface area contributed by atoms with Gasteiger partial charge in [-0.05, 0) is 92.0 Å². The van der Waals surface area contributed by atoms with Crippen LogP contribution >= 0.6 is 19.5 Å². The van der Waals surface area contributed by atoms with Gasteiger partial charge in [0.25, 0.3) is 0 Å². The Kier molecular flexibility index (Phi) is 29.1. The summed E-state index contributed by atoms with van der Waals surface area (Å²) in [5.74, 6) is -5.34. The van der Waals surface area contributed by atoms with Gasteiger partial charge in [-0.25, -0.2) is 0 Å². The Bertz CT molecular complexity index is 2020. The van der Waals surface area contributed by atoms with Gasteiger partial charge in [-0.1, -0.05) is 105 Å². The van der Waals surface area contributed by atoms with Crippen molar-refractivity contribution in [1.29, 1.82) is 0 Å². The summed E-state index contributed by atoms with van der Waals surface area (Å²) >= 11 is 5.56. The average molecular weight is 1180 g/mol. The van der Waals surface area contributed by atoms with Gasteiger partial charge in [0.2, 0.25) is 0 Å². The van der Waals surface area contributed by atoms with Crippen LogP contribution < -0.4 is 43.5 Å². The van der Waals surface area contributed by atoms with Crippen molar-refractivity contribution >= 4 is 70.1 Å². The number of anilines is 1. The third-order valence-corrected chi connectivity index (χ3v) is 15.9. The van der Waals surface area contributed by atoms with E-state index < -0.39 is 63.4 Å². The third kappa shape index (κ3) is 21.8. The monoisotopic (exact) mass is 1180 g/mol. The number of benzene rings is 4. The Hall–Kier alpha value is -3.90. The Morgan fingerprint density at radius 1 is 0.574 bits per heavy atom. The minimum Gasteiger partial charge on any atom is -1.00 e. The molecule has 18 heteroatoms. The summed E-state index contributed by atoms with van der Waals surface area (Å²) in [7, 11) is -1.79. The summed E-state index contributed by atoms with van der Waals surface area (Å²) in [6.07, 6.45) is 10.6. The van der Waals surface area contributed by atoms with Gasteiger partial charge in [0.1, 0.15) is 23.2 Å². The molecule has 7 N–H and O–H groups in total. The molecule has 1 unspecified atom stereocenters. The number of unbranched alkanes of at least 4 members (excludes halogenated alkanes) is 7. The van der Waals surface area contributed by atoms with Crippen molar-refractivity contribution < 1.29 is 102 Å². The molecule has 4 aromatic carbocycles. The van der Waals surface area contributed by atoms with Crippen LogP contribution in [-0.4, -0.2) is 134 Å². The van der Waals surface area contributed by atoms with Gasteiger partial charge in [0.05, 0.1) is 51.3 Å². The van der Waals surface area contributed by atoms with Crippen molar-refractivity contribution in [3.8, 4) is 0 Å². The van der Waals surface area contributed by atoms with Crippen LogP contribution in [0.4, 0.5) is 5.69 Å². The minimum absolute atomic E-state index is 0. The van der Waals surface area contributed by atoms with Crippen molar-refractivity contribution in [3.63, 3.8) is 0 Å². The van der Waals surface area contributed by atoms with E-state index in [4.69, 9.17) is 12.2 Å². The van der Waals surface area contributed by atoms with Crippen molar-refractivity contribution in [2.24, 2.45) is 0 Å². The molecule has 1 atom stereocenters. The van der Waals surface area contributed by atoms with E-state index in [1.54, 1.807) is 0 Å². The zero-order chi connectivity index (χ0) is 47.7. The van der Waals surface area contributed by atoms with Crippen LogP contribution in [0.15, 0.2) is 128 Å². The molecule has 68 heavy (non-hydrogen) atoms. The molecule has 14 nitrogen and oxygen atoms in total. The van der Waals surface area contributed by atoms with E-state index in [0.29, 0.717) is 5.11 Å². The molecule has 0 aliphatic rings. The van der Waals surface area contributed by atoms with E-state index in [1.165, 1.54) is 57.8 Å². The van der Waals surface area contributed by atoms with E-state index >= 15 is 0 Å². The molecule has 0 aliphatic carbocycles. The molecular formula is C50H65BrGdN5O9PS+3. The fourth-order valence-corrected chi connectivity index (χ4v) is 12.9. The summed E-state index contributed by atoms with van der Waals surface area (Å²) in [4.78, 5) is 50.4. The molecule has 0 aliphatic heterocycles. The quantitative estimate of drug-likeness (QED) is 0.0123. The van der Waals surface area contributed by atoms with Crippen LogP contribution in [0, 0.1) is 39.9 Å². The second kappa shape index (κ2) is 32.8. The fraction of sp³-hybridized carbons (Fsp3) is 0.380. The minimum atomic E-state index is -1.79. The van der Waals surface area contributed by atoms with E-state index in [-0.39, 0.29) is 88.9 Å². The topological polar surface area (TPSA) is 203 Å². The molecule has 0 saturated carbocycles. The molecule has 4 rings (SSSR count). The number of carboxylic acid groups (broad SMARTS) is 4. The van der Waals surface area contributed by atoms with Crippen LogP contribution in [0.3, 0.4) is 0 Å². The van der Waals surface area contributed by atoms with Gasteiger partial charge in [0, 0.05) is 24.8 Å². The molecule has 0 aromatic heterocycles. The molecule has 4 aromatic rings. The fourth-order valence-electron chi connectivity index (χ4n) is 8.30. The van der Waals surface area contributed by atoms with Gasteiger partial charge in [-0.15, -0.1) is 0 Å². The second-order valence-electron chi connectivity index (χ2n) is 16.5. The van der Waals surface area contributed by atoms with Crippen LogP contribution in [0.1, 0.15) is 56.9 Å². The predicted molar refractivity (Wildman–Crippen MR) is 267 cm³/mol. The van der Waals surface area contributed by atoms with Crippen molar-refractivity contribution in [2.45, 2.75) is 63.8 Å². The van der Waals surface area contributed by atoms with Crippen molar-refractivity contribution in [3.05, 3.63) is 133 Å². The summed E-state index contributed by atoms with van der Waals surface area (Å²) in [5.41, 5.74) is 1.48. The molecular weight excluding hydrogens is 1110 g/mol. The standard InChI is InChI=1S/C50H64N5O9PS.BrH.Gd/c1-39(56)32-55(37-49(63)64)42(33-53(34-46(57)58)38-54(35-47(59)60)36-48(61)62)31-40-25-27-41(28-26-40)52-50(66)51-29-17-6-4-2-3-5-7-18-30-65(43-19-11-8-12-20-43,44-21-13-9-14-22-44)45-23-15-10-16-24-45;;/h8-16,19-28,42H,1-7,17-18,29-38H2,(H6-,51,52,56,57,58,59,60,61,62,63,64,66);1H;/q;;+3. The largest absolute Gasteiger partial charge is 3.00 e. The molecule has 367 valence electrons. The Balaban J connectivity index is 0.00000793. The Morgan fingerprint density at radius 3 is 1.44 bits per heavy atom. The van der Waals surface area contributed by atoms with Crippen LogP contribution in [0.25, 0.3) is 0 Å². The number of nitrogens with zero attached hydrogens (tertiary/aromatic N) is 3. The molecule has 0 amide bonds. The zero-order valence-corrected chi connectivity index (χ0v) is 43.8. The predicted octanol–water partition coefficient (Wildman–Crippen LogP) is 3.28. The summed E-state index contributed by atoms with van der Waals surface area (Å²) < 4.78 is 0. The number of aliphatic carboxylic acids is 4. The maximum absolute atomic E-state index is 11.9.